The number of amides is 1. The average Bonchev–Trinajstić information content (AvgIpc) is 2.64. The molecule has 0 radical (unpaired) electrons. The zero-order chi connectivity index (χ0) is 13.6. The van der Waals surface area contributed by atoms with Crippen LogP contribution in [0.1, 0.15) is 33.6 Å². The number of hydrogen-bond donors (Lipinski definition) is 1. The molecule has 0 aromatic heterocycles. The Hall–Kier alpha value is -1.46. The first-order valence-corrected chi connectivity index (χ1v) is 5.97. The van der Waals surface area contributed by atoms with Crippen LogP contribution < -0.4 is 5.32 Å². The lowest BCUT2D eigenvalue weighted by Crippen LogP contribution is -2.51. The average molecular weight is 256 g/mol. The van der Waals surface area contributed by atoms with E-state index in [1.165, 1.54) is 0 Å². The quantitative estimate of drug-likeness (QED) is 0.475. The molecule has 18 heavy (non-hydrogen) atoms. The molecule has 1 N–H and O–H groups in total. The van der Waals surface area contributed by atoms with Gasteiger partial charge in [-0.15, -0.1) is 0 Å². The molecule has 1 aliphatic rings. The summed E-state index contributed by atoms with van der Waals surface area (Å²) in [6.45, 7) is 6.77. The number of nitrogens with zero attached hydrogens (tertiary/aromatic N) is 3. The molecule has 7 heteroatoms. The van der Waals surface area contributed by atoms with E-state index in [-0.39, 0.29) is 0 Å². The molecule has 0 saturated carbocycles. The third-order valence-electron chi connectivity index (χ3n) is 2.62. The lowest BCUT2D eigenvalue weighted by molar-refractivity contribution is 0.0435. The third-order valence-corrected chi connectivity index (χ3v) is 2.62. The molecule has 1 aliphatic heterocycles. The number of carbonyl (C=O) groups excluding carboxylic acids is 1. The summed E-state index contributed by atoms with van der Waals surface area (Å²) >= 11 is 0. The van der Waals surface area contributed by atoms with Gasteiger partial charge in [0.1, 0.15) is 5.60 Å². The smallest absolute Gasteiger partial charge is 0.408 e. The Morgan fingerprint density at radius 2 is 2.33 bits per heavy atom. The van der Waals surface area contributed by atoms with Crippen LogP contribution in [0.4, 0.5) is 4.79 Å². The molecule has 0 spiro atoms. The molecule has 1 unspecified atom stereocenters. The predicted octanol–water partition coefficient (Wildman–Crippen LogP) is 2.37. The van der Waals surface area contributed by atoms with Crippen LogP contribution in [0, 0.1) is 0 Å². The largest absolute Gasteiger partial charge is 0.444 e. The summed E-state index contributed by atoms with van der Waals surface area (Å²) in [6, 6.07) is 0. The topological polar surface area (TPSA) is 96.3 Å². The highest BCUT2D eigenvalue weighted by atomic mass is 16.6. The van der Waals surface area contributed by atoms with Crippen LogP contribution in [0.25, 0.3) is 10.4 Å². The Balaban J connectivity index is 2.56. The first-order valence-electron chi connectivity index (χ1n) is 5.97. The van der Waals surface area contributed by atoms with Crippen LogP contribution in [0.2, 0.25) is 0 Å². The SMILES string of the molecule is CC(C)(C)OC(=O)NC1(CCN=[N+]=[N-])CCOC1. The lowest BCUT2D eigenvalue weighted by atomic mass is 9.94. The number of ether oxygens (including phenoxy) is 2. The second-order valence-corrected chi connectivity index (χ2v) is 5.41. The summed E-state index contributed by atoms with van der Waals surface area (Å²) in [5.41, 5.74) is 7.27. The molecule has 7 nitrogen and oxygen atoms in total. The van der Waals surface area contributed by atoms with E-state index < -0.39 is 17.2 Å². The van der Waals surface area contributed by atoms with Crippen LogP contribution >= 0.6 is 0 Å². The fraction of sp³-hybridized carbons (Fsp3) is 0.909. The Kier molecular flexibility index (Phi) is 4.81. The van der Waals surface area contributed by atoms with E-state index in [1.54, 1.807) is 0 Å². The monoisotopic (exact) mass is 256 g/mol. The number of alkyl carbamates (subject to hydrolysis) is 1. The highest BCUT2D eigenvalue weighted by Gasteiger charge is 2.37. The minimum absolute atomic E-state index is 0.329. The molecule has 102 valence electrons. The van der Waals surface area contributed by atoms with Crippen molar-refractivity contribution in [2.75, 3.05) is 19.8 Å². The number of azide groups is 1. The maximum atomic E-state index is 11.8. The van der Waals surface area contributed by atoms with Crippen LogP contribution in [-0.2, 0) is 9.47 Å². The number of rotatable bonds is 4. The fourth-order valence-electron chi connectivity index (χ4n) is 1.79. The highest BCUT2D eigenvalue weighted by Crippen LogP contribution is 2.23. The Bertz CT molecular complexity index is 339. The van der Waals surface area contributed by atoms with Crippen molar-refractivity contribution in [2.45, 2.75) is 44.8 Å². The molecular weight excluding hydrogens is 236 g/mol. The molecule has 1 rings (SSSR count). The van der Waals surface area contributed by atoms with Crippen molar-refractivity contribution in [3.8, 4) is 0 Å². The van der Waals surface area contributed by atoms with Gasteiger partial charge in [-0.2, -0.15) is 0 Å². The summed E-state index contributed by atoms with van der Waals surface area (Å²) in [7, 11) is 0. The third kappa shape index (κ3) is 4.81. The van der Waals surface area contributed by atoms with Gasteiger partial charge in [0.25, 0.3) is 0 Å². The second-order valence-electron chi connectivity index (χ2n) is 5.41. The summed E-state index contributed by atoms with van der Waals surface area (Å²) in [4.78, 5) is 14.5. The standard InChI is InChI=1S/C11H20N4O3/c1-10(2,3)18-9(16)14-11(4-6-13-15-12)5-7-17-8-11/h4-8H2,1-3H3,(H,14,16). The molecule has 1 heterocycles. The first-order chi connectivity index (χ1) is 8.37. The van der Waals surface area contributed by atoms with Gasteiger partial charge in [0.05, 0.1) is 12.1 Å². The van der Waals surface area contributed by atoms with E-state index in [0.29, 0.717) is 32.6 Å². The van der Waals surface area contributed by atoms with Crippen molar-refractivity contribution in [3.05, 3.63) is 10.4 Å². The molecule has 1 fully saturated rings. The van der Waals surface area contributed by atoms with Gasteiger partial charge < -0.3 is 14.8 Å². The molecule has 1 saturated heterocycles. The molecule has 1 amide bonds. The van der Waals surface area contributed by atoms with Crippen molar-refractivity contribution in [2.24, 2.45) is 5.11 Å². The van der Waals surface area contributed by atoms with Gasteiger partial charge in [-0.05, 0) is 39.1 Å². The molecular formula is C11H20N4O3. The van der Waals surface area contributed by atoms with E-state index in [9.17, 15) is 4.79 Å². The van der Waals surface area contributed by atoms with Crippen LogP contribution in [0.15, 0.2) is 5.11 Å². The van der Waals surface area contributed by atoms with Crippen molar-refractivity contribution in [1.29, 1.82) is 0 Å². The minimum atomic E-state index is -0.532. The van der Waals surface area contributed by atoms with Gasteiger partial charge in [0.15, 0.2) is 0 Å². The Morgan fingerprint density at radius 1 is 1.61 bits per heavy atom. The number of carbonyl (C=O) groups is 1. The van der Waals surface area contributed by atoms with Gasteiger partial charge in [0, 0.05) is 18.1 Å². The molecule has 0 aromatic carbocycles. The van der Waals surface area contributed by atoms with Crippen LogP contribution in [0.5, 0.6) is 0 Å². The van der Waals surface area contributed by atoms with Crippen molar-refractivity contribution >= 4 is 6.09 Å². The van der Waals surface area contributed by atoms with Crippen molar-refractivity contribution < 1.29 is 14.3 Å². The Morgan fingerprint density at radius 3 is 2.83 bits per heavy atom. The van der Waals surface area contributed by atoms with E-state index in [2.05, 4.69) is 15.3 Å². The van der Waals surface area contributed by atoms with E-state index in [1.807, 2.05) is 20.8 Å². The predicted molar refractivity (Wildman–Crippen MR) is 66.2 cm³/mol. The summed E-state index contributed by atoms with van der Waals surface area (Å²) in [5, 5.41) is 6.33. The van der Waals surface area contributed by atoms with E-state index in [4.69, 9.17) is 15.0 Å². The van der Waals surface area contributed by atoms with Gasteiger partial charge in [-0.3, -0.25) is 0 Å². The molecule has 1 atom stereocenters. The normalized spacial score (nSPS) is 23.3. The highest BCUT2D eigenvalue weighted by molar-refractivity contribution is 5.68. The first kappa shape index (κ1) is 14.6. The zero-order valence-corrected chi connectivity index (χ0v) is 11.1. The maximum Gasteiger partial charge on any atom is 0.408 e. The van der Waals surface area contributed by atoms with Gasteiger partial charge >= 0.3 is 6.09 Å². The van der Waals surface area contributed by atoms with Gasteiger partial charge in [-0.25, -0.2) is 4.79 Å². The number of nitrogens with one attached hydrogen (secondary N) is 1. The molecule has 0 aliphatic carbocycles. The zero-order valence-electron chi connectivity index (χ0n) is 11.1. The number of hydrogen-bond acceptors (Lipinski definition) is 4. The van der Waals surface area contributed by atoms with Crippen molar-refractivity contribution in [1.82, 2.24) is 5.32 Å². The van der Waals surface area contributed by atoms with E-state index in [0.717, 1.165) is 0 Å². The van der Waals surface area contributed by atoms with E-state index >= 15 is 0 Å². The minimum Gasteiger partial charge on any atom is -0.444 e. The molecule has 0 aromatic rings. The Labute approximate surface area is 106 Å². The van der Waals surface area contributed by atoms with Crippen LogP contribution in [-0.4, -0.2) is 37.0 Å². The van der Waals surface area contributed by atoms with Crippen molar-refractivity contribution in [3.63, 3.8) is 0 Å². The van der Waals surface area contributed by atoms with Crippen LogP contribution in [0.3, 0.4) is 0 Å². The maximum absolute atomic E-state index is 11.8. The summed E-state index contributed by atoms with van der Waals surface area (Å²) < 4.78 is 10.5. The lowest BCUT2D eigenvalue weighted by Gasteiger charge is -2.30. The van der Waals surface area contributed by atoms with Gasteiger partial charge in [-0.1, -0.05) is 5.11 Å². The fourth-order valence-corrected chi connectivity index (χ4v) is 1.79. The second kappa shape index (κ2) is 5.93. The molecule has 0 bridgehead atoms. The summed E-state index contributed by atoms with van der Waals surface area (Å²) in [6.07, 6.45) is 0.790. The van der Waals surface area contributed by atoms with Gasteiger partial charge in [0.2, 0.25) is 0 Å². The summed E-state index contributed by atoms with van der Waals surface area (Å²) in [5.74, 6) is 0.